The molecule has 3 N–H and O–H groups in total. The summed E-state index contributed by atoms with van der Waals surface area (Å²) in [6.07, 6.45) is 0.681. The summed E-state index contributed by atoms with van der Waals surface area (Å²) in [5, 5.41) is 2.90. The van der Waals surface area contributed by atoms with Crippen LogP contribution in [0.3, 0.4) is 0 Å². The van der Waals surface area contributed by atoms with E-state index in [0.717, 1.165) is 16.7 Å². The van der Waals surface area contributed by atoms with Crippen LogP contribution in [0.15, 0.2) is 22.7 Å². The summed E-state index contributed by atoms with van der Waals surface area (Å²) >= 11 is 3.49. The summed E-state index contributed by atoms with van der Waals surface area (Å²) in [5.41, 5.74) is 7.86. The van der Waals surface area contributed by atoms with Crippen molar-refractivity contribution in [3.8, 4) is 0 Å². The van der Waals surface area contributed by atoms with Gasteiger partial charge in [0.25, 0.3) is 0 Å². The van der Waals surface area contributed by atoms with Crippen LogP contribution >= 0.6 is 15.9 Å². The molecular weight excluding hydrogens is 294 g/mol. The van der Waals surface area contributed by atoms with Crippen molar-refractivity contribution in [3.05, 3.63) is 28.2 Å². The molecule has 0 spiro atoms. The second kappa shape index (κ2) is 5.71. The van der Waals surface area contributed by atoms with Crippen LogP contribution in [-0.4, -0.2) is 31.6 Å². The number of halogens is 1. The summed E-state index contributed by atoms with van der Waals surface area (Å²) in [7, 11) is 0. The molecule has 4 nitrogen and oxygen atoms in total. The number of nitrogens with two attached hydrogens (primary N) is 1. The van der Waals surface area contributed by atoms with Crippen LogP contribution in [0.2, 0.25) is 0 Å². The fraction of sp³-hybridized carbons (Fsp3) is 0.462. The average molecular weight is 312 g/mol. The van der Waals surface area contributed by atoms with Crippen LogP contribution in [0.5, 0.6) is 0 Å². The third-order valence-electron chi connectivity index (χ3n) is 3.24. The molecule has 0 bridgehead atoms. The normalized spacial score (nSPS) is 19.8. The van der Waals surface area contributed by atoms with E-state index in [1.54, 1.807) is 0 Å². The van der Waals surface area contributed by atoms with Gasteiger partial charge in [0.15, 0.2) is 0 Å². The second-order valence-corrected chi connectivity index (χ2v) is 5.37. The predicted molar refractivity (Wildman–Crippen MR) is 76.7 cm³/mol. The standard InChI is InChI=1S/C13H18BrN3O/c1-9-8-10(2-3-11(9)14)17-7-6-16-13(18)12(17)4-5-15/h2-3,8,12H,4-7,15H2,1H3,(H,16,18). The molecule has 1 fully saturated rings. The van der Waals surface area contributed by atoms with Crippen molar-refractivity contribution in [1.29, 1.82) is 0 Å². The molecule has 1 amide bonds. The molecule has 1 aliphatic heterocycles. The van der Waals surface area contributed by atoms with Crippen LogP contribution in [0.25, 0.3) is 0 Å². The Kier molecular flexibility index (Phi) is 4.24. The first-order valence-corrected chi connectivity index (χ1v) is 6.93. The molecular formula is C13H18BrN3O. The van der Waals surface area contributed by atoms with Crippen molar-refractivity contribution in [2.24, 2.45) is 5.73 Å². The zero-order valence-electron chi connectivity index (χ0n) is 10.4. The van der Waals surface area contributed by atoms with E-state index in [4.69, 9.17) is 5.73 Å². The van der Waals surface area contributed by atoms with Crippen LogP contribution < -0.4 is 16.0 Å². The third kappa shape index (κ3) is 2.67. The molecule has 5 heteroatoms. The molecule has 0 saturated carbocycles. The molecule has 1 aromatic rings. The Hall–Kier alpha value is -1.07. The number of hydrogen-bond donors (Lipinski definition) is 2. The van der Waals surface area contributed by atoms with E-state index in [9.17, 15) is 4.79 Å². The molecule has 0 aromatic heterocycles. The zero-order valence-corrected chi connectivity index (χ0v) is 12.0. The maximum absolute atomic E-state index is 11.9. The second-order valence-electron chi connectivity index (χ2n) is 4.51. The number of carbonyl (C=O) groups is 1. The van der Waals surface area contributed by atoms with Gasteiger partial charge < -0.3 is 16.0 Å². The van der Waals surface area contributed by atoms with Gasteiger partial charge in [-0.3, -0.25) is 4.79 Å². The van der Waals surface area contributed by atoms with Gasteiger partial charge in [0, 0.05) is 23.2 Å². The van der Waals surface area contributed by atoms with Gasteiger partial charge in [-0.15, -0.1) is 0 Å². The Bertz CT molecular complexity index is 450. The van der Waals surface area contributed by atoms with Crippen molar-refractivity contribution >= 4 is 27.5 Å². The summed E-state index contributed by atoms with van der Waals surface area (Å²) in [4.78, 5) is 14.0. The molecule has 1 atom stereocenters. The zero-order chi connectivity index (χ0) is 13.1. The summed E-state index contributed by atoms with van der Waals surface area (Å²) in [5.74, 6) is 0.0762. The van der Waals surface area contributed by atoms with Crippen LogP contribution in [0.1, 0.15) is 12.0 Å². The van der Waals surface area contributed by atoms with E-state index >= 15 is 0 Å². The van der Waals surface area contributed by atoms with Crippen LogP contribution in [0, 0.1) is 6.92 Å². The van der Waals surface area contributed by atoms with Crippen LogP contribution in [0.4, 0.5) is 5.69 Å². The Labute approximate surface area is 116 Å². The van der Waals surface area contributed by atoms with Crippen molar-refractivity contribution < 1.29 is 4.79 Å². The average Bonchev–Trinajstić information content (AvgIpc) is 2.35. The first-order chi connectivity index (χ1) is 8.63. The summed E-state index contributed by atoms with van der Waals surface area (Å²) < 4.78 is 1.09. The lowest BCUT2D eigenvalue weighted by Gasteiger charge is -2.37. The minimum absolute atomic E-state index is 0.0762. The highest BCUT2D eigenvalue weighted by Gasteiger charge is 2.29. The minimum atomic E-state index is -0.149. The summed E-state index contributed by atoms with van der Waals surface area (Å²) in [6, 6.07) is 6.02. The first-order valence-electron chi connectivity index (χ1n) is 6.14. The predicted octanol–water partition coefficient (Wildman–Crippen LogP) is 1.41. The van der Waals surface area contributed by atoms with Crippen molar-refractivity contribution in [2.75, 3.05) is 24.5 Å². The molecule has 1 unspecified atom stereocenters. The van der Waals surface area contributed by atoms with Gasteiger partial charge in [-0.25, -0.2) is 0 Å². The molecule has 1 aliphatic rings. The number of anilines is 1. The van der Waals surface area contributed by atoms with Gasteiger partial charge in [0.2, 0.25) is 5.91 Å². The number of nitrogens with zero attached hydrogens (tertiary/aromatic N) is 1. The lowest BCUT2D eigenvalue weighted by Crippen LogP contribution is -2.56. The number of amides is 1. The number of carbonyl (C=O) groups excluding carboxylic acids is 1. The number of aryl methyl sites for hydroxylation is 1. The minimum Gasteiger partial charge on any atom is -0.358 e. The van der Waals surface area contributed by atoms with E-state index in [1.807, 2.05) is 12.1 Å². The molecule has 1 aromatic carbocycles. The van der Waals surface area contributed by atoms with Gasteiger partial charge in [0.05, 0.1) is 0 Å². The molecule has 0 aliphatic carbocycles. The summed E-state index contributed by atoms with van der Waals surface area (Å²) in [6.45, 7) is 4.09. The maximum Gasteiger partial charge on any atom is 0.242 e. The highest BCUT2D eigenvalue weighted by molar-refractivity contribution is 9.10. The number of rotatable bonds is 3. The van der Waals surface area contributed by atoms with Gasteiger partial charge in [-0.05, 0) is 43.7 Å². The van der Waals surface area contributed by atoms with Crippen molar-refractivity contribution in [1.82, 2.24) is 5.32 Å². The van der Waals surface area contributed by atoms with Gasteiger partial charge >= 0.3 is 0 Å². The topological polar surface area (TPSA) is 58.4 Å². The molecule has 1 heterocycles. The van der Waals surface area contributed by atoms with Crippen molar-refractivity contribution in [3.63, 3.8) is 0 Å². The highest BCUT2D eigenvalue weighted by atomic mass is 79.9. The molecule has 18 heavy (non-hydrogen) atoms. The largest absolute Gasteiger partial charge is 0.358 e. The molecule has 2 rings (SSSR count). The Morgan fingerprint density at radius 1 is 1.56 bits per heavy atom. The van der Waals surface area contributed by atoms with E-state index in [0.29, 0.717) is 19.5 Å². The van der Waals surface area contributed by atoms with Crippen molar-refractivity contribution in [2.45, 2.75) is 19.4 Å². The number of piperazine rings is 1. The monoisotopic (exact) mass is 311 g/mol. The number of benzene rings is 1. The van der Waals surface area contributed by atoms with Crippen LogP contribution in [-0.2, 0) is 4.79 Å². The maximum atomic E-state index is 11.9. The lowest BCUT2D eigenvalue weighted by molar-refractivity contribution is -0.123. The Balaban J connectivity index is 2.28. The fourth-order valence-corrected chi connectivity index (χ4v) is 2.52. The molecule has 0 radical (unpaired) electrons. The van der Waals surface area contributed by atoms with E-state index in [-0.39, 0.29) is 11.9 Å². The van der Waals surface area contributed by atoms with Gasteiger partial charge in [-0.1, -0.05) is 15.9 Å². The van der Waals surface area contributed by atoms with E-state index < -0.39 is 0 Å². The van der Waals surface area contributed by atoms with E-state index in [1.165, 1.54) is 5.56 Å². The highest BCUT2D eigenvalue weighted by Crippen LogP contribution is 2.25. The van der Waals surface area contributed by atoms with E-state index in [2.05, 4.69) is 39.1 Å². The quantitative estimate of drug-likeness (QED) is 0.887. The number of hydrogen-bond acceptors (Lipinski definition) is 3. The first kappa shape index (κ1) is 13.4. The third-order valence-corrected chi connectivity index (χ3v) is 4.13. The smallest absolute Gasteiger partial charge is 0.242 e. The number of nitrogens with one attached hydrogen (secondary N) is 1. The molecule has 98 valence electrons. The lowest BCUT2D eigenvalue weighted by atomic mass is 10.1. The Morgan fingerprint density at radius 2 is 2.33 bits per heavy atom. The Morgan fingerprint density at radius 3 is 3.00 bits per heavy atom. The SMILES string of the molecule is Cc1cc(N2CCNC(=O)C2CCN)ccc1Br. The molecule has 1 saturated heterocycles. The fourth-order valence-electron chi connectivity index (χ4n) is 2.28. The van der Waals surface area contributed by atoms with Gasteiger partial charge in [0.1, 0.15) is 6.04 Å². The van der Waals surface area contributed by atoms with Gasteiger partial charge in [-0.2, -0.15) is 0 Å².